The van der Waals surface area contributed by atoms with E-state index in [1.807, 2.05) is 6.92 Å². The number of nitrogens with zero attached hydrogens (tertiary/aromatic N) is 1. The van der Waals surface area contributed by atoms with Crippen LogP contribution in [-0.2, 0) is 32.4 Å². The summed E-state index contributed by atoms with van der Waals surface area (Å²) in [6.45, 7) is 4.34. The fourth-order valence-corrected chi connectivity index (χ4v) is 5.39. The van der Waals surface area contributed by atoms with Gasteiger partial charge in [-0.25, -0.2) is 8.42 Å². The Balaban J connectivity index is 1.46. The first-order valence-electron chi connectivity index (χ1n) is 11.1. The monoisotopic (exact) mass is 478 g/mol. The minimum Gasteiger partial charge on any atom is -0.466 e. The van der Waals surface area contributed by atoms with Gasteiger partial charge in [0.25, 0.3) is 15.9 Å². The molecule has 0 bridgehead atoms. The third-order valence-corrected chi connectivity index (χ3v) is 7.50. The summed E-state index contributed by atoms with van der Waals surface area (Å²) in [4.78, 5) is 24.6. The first kappa shape index (κ1) is 23.5. The third-order valence-electron chi connectivity index (χ3n) is 5.67. The molecule has 0 fully saturated rings. The summed E-state index contributed by atoms with van der Waals surface area (Å²) in [5.74, 6) is -0.586. The van der Waals surface area contributed by atoms with Gasteiger partial charge in [0.2, 0.25) is 0 Å². The summed E-state index contributed by atoms with van der Waals surface area (Å²) in [5.41, 5.74) is 4.24. The van der Waals surface area contributed by atoms with Crippen molar-refractivity contribution in [3.8, 4) is 0 Å². The molecule has 1 amide bonds. The smallest absolute Gasteiger partial charge is 0.310 e. The first-order valence-corrected chi connectivity index (χ1v) is 12.5. The fourth-order valence-electron chi connectivity index (χ4n) is 3.89. The number of fused-ring (bicyclic) bond motifs is 1. The summed E-state index contributed by atoms with van der Waals surface area (Å²) < 4.78 is 32.6. The zero-order valence-electron chi connectivity index (χ0n) is 19.1. The predicted molar refractivity (Wildman–Crippen MR) is 131 cm³/mol. The molecule has 0 atom stereocenters. The average Bonchev–Trinajstić information content (AvgIpc) is 3.25. The molecule has 4 rings (SSSR count). The molecule has 8 heteroatoms. The average molecular weight is 479 g/mol. The Hall–Kier alpha value is -3.65. The molecule has 1 aliphatic rings. The van der Waals surface area contributed by atoms with Gasteiger partial charge in [-0.3, -0.25) is 13.9 Å². The quantitative estimate of drug-likeness (QED) is 0.516. The van der Waals surface area contributed by atoms with E-state index in [0.717, 1.165) is 16.7 Å². The standard InChI is InChI=1S/C26H26N2O5S/c1-3-33-25(29)16-19-6-9-22(10-7-19)27-26(30)21-8-13-24-20(17-21)14-15-28(24)34(31,32)23-11-4-18(2)5-12-23/h4-13,17H,3,14-16H2,1-2H3,(H,27,30). The molecule has 3 aromatic rings. The Kier molecular flexibility index (Phi) is 6.70. The molecule has 0 saturated carbocycles. The number of anilines is 2. The molecule has 1 N–H and O–H groups in total. The van der Waals surface area contributed by atoms with Crippen LogP contribution in [0.3, 0.4) is 0 Å². The first-order chi connectivity index (χ1) is 16.3. The molecule has 0 radical (unpaired) electrons. The highest BCUT2D eigenvalue weighted by molar-refractivity contribution is 7.92. The lowest BCUT2D eigenvalue weighted by atomic mass is 10.1. The van der Waals surface area contributed by atoms with Crippen molar-refractivity contribution in [3.05, 3.63) is 89.0 Å². The normalized spacial score (nSPS) is 12.8. The number of carbonyl (C=O) groups is 2. The minimum atomic E-state index is -3.67. The number of esters is 1. The number of sulfonamides is 1. The molecule has 0 spiro atoms. The summed E-state index contributed by atoms with van der Waals surface area (Å²) in [6.07, 6.45) is 0.707. The van der Waals surface area contributed by atoms with E-state index in [2.05, 4.69) is 5.32 Å². The lowest BCUT2D eigenvalue weighted by molar-refractivity contribution is -0.142. The van der Waals surface area contributed by atoms with Gasteiger partial charge in [-0.1, -0.05) is 29.8 Å². The highest BCUT2D eigenvalue weighted by Gasteiger charge is 2.31. The van der Waals surface area contributed by atoms with Crippen molar-refractivity contribution in [2.24, 2.45) is 0 Å². The van der Waals surface area contributed by atoms with E-state index in [9.17, 15) is 18.0 Å². The molecular weight excluding hydrogens is 452 g/mol. The highest BCUT2D eigenvalue weighted by Crippen LogP contribution is 2.33. The maximum atomic E-state index is 13.1. The van der Waals surface area contributed by atoms with Gasteiger partial charge in [-0.15, -0.1) is 0 Å². The minimum absolute atomic E-state index is 0.175. The van der Waals surface area contributed by atoms with Crippen molar-refractivity contribution in [3.63, 3.8) is 0 Å². The number of nitrogens with one attached hydrogen (secondary N) is 1. The van der Waals surface area contributed by atoms with Crippen LogP contribution in [0.1, 0.15) is 34.0 Å². The SMILES string of the molecule is CCOC(=O)Cc1ccc(NC(=O)c2ccc3c(c2)CCN3S(=O)(=O)c2ccc(C)cc2)cc1. The van der Waals surface area contributed by atoms with Gasteiger partial charge >= 0.3 is 5.97 Å². The van der Waals surface area contributed by atoms with Crippen molar-refractivity contribution in [2.75, 3.05) is 22.8 Å². The number of amides is 1. The van der Waals surface area contributed by atoms with E-state index in [-0.39, 0.29) is 23.2 Å². The van der Waals surface area contributed by atoms with Crippen molar-refractivity contribution < 1.29 is 22.7 Å². The van der Waals surface area contributed by atoms with E-state index >= 15 is 0 Å². The van der Waals surface area contributed by atoms with Gasteiger partial charge in [0, 0.05) is 17.8 Å². The topological polar surface area (TPSA) is 92.8 Å². The van der Waals surface area contributed by atoms with Crippen LogP contribution >= 0.6 is 0 Å². The highest BCUT2D eigenvalue weighted by atomic mass is 32.2. The lowest BCUT2D eigenvalue weighted by Crippen LogP contribution is -2.29. The second-order valence-corrected chi connectivity index (χ2v) is 9.98. The Morgan fingerprint density at radius 2 is 1.71 bits per heavy atom. The maximum absolute atomic E-state index is 13.1. The molecule has 176 valence electrons. The summed E-state index contributed by atoms with van der Waals surface area (Å²) in [5, 5.41) is 2.84. The molecule has 0 saturated heterocycles. The number of hydrogen-bond acceptors (Lipinski definition) is 5. The van der Waals surface area contributed by atoms with Crippen molar-refractivity contribution >= 4 is 33.3 Å². The van der Waals surface area contributed by atoms with Crippen LogP contribution in [-0.4, -0.2) is 33.4 Å². The van der Waals surface area contributed by atoms with E-state index in [4.69, 9.17) is 4.74 Å². The fraction of sp³-hybridized carbons (Fsp3) is 0.231. The largest absolute Gasteiger partial charge is 0.466 e. The van der Waals surface area contributed by atoms with Crippen LogP contribution in [0.25, 0.3) is 0 Å². The van der Waals surface area contributed by atoms with Crippen LogP contribution in [0.2, 0.25) is 0 Å². The van der Waals surface area contributed by atoms with Gasteiger partial charge in [0.15, 0.2) is 0 Å². The molecular formula is C26H26N2O5S. The van der Waals surface area contributed by atoms with E-state index < -0.39 is 10.0 Å². The molecule has 0 aliphatic carbocycles. The van der Waals surface area contributed by atoms with Crippen LogP contribution in [0.15, 0.2) is 71.6 Å². The maximum Gasteiger partial charge on any atom is 0.310 e. The zero-order valence-corrected chi connectivity index (χ0v) is 19.9. The summed E-state index contributed by atoms with van der Waals surface area (Å²) in [6, 6.07) is 18.8. The summed E-state index contributed by atoms with van der Waals surface area (Å²) in [7, 11) is -3.67. The molecule has 7 nitrogen and oxygen atoms in total. The number of carbonyl (C=O) groups excluding carboxylic acids is 2. The number of hydrogen-bond donors (Lipinski definition) is 1. The third kappa shape index (κ3) is 4.97. The number of rotatable bonds is 7. The van der Waals surface area contributed by atoms with Crippen LogP contribution in [0.5, 0.6) is 0 Å². The number of ether oxygens (including phenoxy) is 1. The molecule has 1 heterocycles. The molecule has 0 aromatic heterocycles. The number of benzene rings is 3. The zero-order chi connectivity index (χ0) is 24.3. The van der Waals surface area contributed by atoms with Crippen molar-refractivity contribution in [1.82, 2.24) is 0 Å². The van der Waals surface area contributed by atoms with Gasteiger partial charge in [0.1, 0.15) is 0 Å². The second kappa shape index (κ2) is 9.69. The van der Waals surface area contributed by atoms with Crippen molar-refractivity contribution in [1.29, 1.82) is 0 Å². The lowest BCUT2D eigenvalue weighted by Gasteiger charge is -2.20. The van der Waals surface area contributed by atoms with Crippen LogP contribution < -0.4 is 9.62 Å². The predicted octanol–water partition coefficient (Wildman–Crippen LogP) is 4.10. The van der Waals surface area contributed by atoms with E-state index in [1.165, 1.54) is 4.31 Å². The van der Waals surface area contributed by atoms with Crippen LogP contribution in [0.4, 0.5) is 11.4 Å². The van der Waals surface area contributed by atoms with Gasteiger partial charge in [-0.05, 0) is 73.9 Å². The van der Waals surface area contributed by atoms with Gasteiger partial charge < -0.3 is 10.1 Å². The molecule has 1 aliphatic heterocycles. The van der Waals surface area contributed by atoms with Gasteiger partial charge in [-0.2, -0.15) is 0 Å². The van der Waals surface area contributed by atoms with Gasteiger partial charge in [0.05, 0.1) is 23.6 Å². The molecule has 0 unspecified atom stereocenters. The number of aryl methyl sites for hydroxylation is 1. The van der Waals surface area contributed by atoms with Crippen LogP contribution in [0, 0.1) is 6.92 Å². The molecule has 34 heavy (non-hydrogen) atoms. The second-order valence-electron chi connectivity index (χ2n) is 8.12. The Morgan fingerprint density at radius 1 is 1.00 bits per heavy atom. The summed E-state index contributed by atoms with van der Waals surface area (Å²) >= 11 is 0. The Bertz CT molecular complexity index is 1320. The Morgan fingerprint density at radius 3 is 2.38 bits per heavy atom. The molecule has 3 aromatic carbocycles. The van der Waals surface area contributed by atoms with Crippen molar-refractivity contribution in [2.45, 2.75) is 31.6 Å². The van der Waals surface area contributed by atoms with E-state index in [1.54, 1.807) is 73.7 Å². The Labute approximate surface area is 199 Å². The van der Waals surface area contributed by atoms with E-state index in [0.29, 0.717) is 36.5 Å².